The molecule has 112 valence electrons. The zero-order valence-corrected chi connectivity index (χ0v) is 11.9. The first-order valence-corrected chi connectivity index (χ1v) is 7.42. The average Bonchev–Trinajstić information content (AvgIpc) is 3.11. The summed E-state index contributed by atoms with van der Waals surface area (Å²) in [5, 5.41) is 17.7. The molecule has 4 rings (SSSR count). The zero-order valence-electron chi connectivity index (χ0n) is 11.9. The number of nitrogens with zero attached hydrogens (tertiary/aromatic N) is 3. The van der Waals surface area contributed by atoms with Crippen LogP contribution in [0.2, 0.25) is 0 Å². The predicted octanol–water partition coefficient (Wildman–Crippen LogP) is 1.05. The fourth-order valence-corrected chi connectivity index (χ4v) is 3.78. The molecule has 2 atom stereocenters. The van der Waals surface area contributed by atoms with Crippen LogP contribution in [0.15, 0.2) is 22.8 Å². The second-order valence-corrected chi connectivity index (χ2v) is 6.28. The maximum Gasteiger partial charge on any atom is 0.139 e. The van der Waals surface area contributed by atoms with E-state index in [9.17, 15) is 5.11 Å². The second kappa shape index (κ2) is 5.05. The van der Waals surface area contributed by atoms with Gasteiger partial charge >= 0.3 is 0 Å². The van der Waals surface area contributed by atoms with Crippen molar-refractivity contribution in [3.63, 3.8) is 0 Å². The Morgan fingerprint density at radius 1 is 1.38 bits per heavy atom. The number of aliphatic hydroxyl groups excluding tert-OH is 1. The lowest BCUT2D eigenvalue weighted by molar-refractivity contribution is -0.0561. The third kappa shape index (κ3) is 2.14. The number of ether oxygens (including phenoxy) is 1. The molecule has 2 aromatic rings. The van der Waals surface area contributed by atoms with Crippen molar-refractivity contribution in [2.45, 2.75) is 13.0 Å². The topological polar surface area (TPSA) is 71.6 Å². The largest absolute Gasteiger partial charge is 0.396 e. The molecule has 1 aromatic heterocycles. The Bertz CT molecular complexity index is 644. The molecule has 1 aromatic carbocycles. The van der Waals surface area contributed by atoms with E-state index >= 15 is 0 Å². The van der Waals surface area contributed by atoms with E-state index in [4.69, 9.17) is 9.37 Å². The van der Waals surface area contributed by atoms with Gasteiger partial charge in [-0.2, -0.15) is 0 Å². The first-order chi connectivity index (χ1) is 10.3. The molecule has 2 fully saturated rings. The molecule has 0 spiro atoms. The van der Waals surface area contributed by atoms with Gasteiger partial charge in [-0.25, -0.2) is 4.63 Å². The molecule has 0 unspecified atom stereocenters. The van der Waals surface area contributed by atoms with Crippen LogP contribution < -0.4 is 0 Å². The molecule has 21 heavy (non-hydrogen) atoms. The van der Waals surface area contributed by atoms with Crippen molar-refractivity contribution in [1.82, 2.24) is 15.2 Å². The fourth-order valence-electron chi connectivity index (χ4n) is 3.78. The average molecular weight is 289 g/mol. The van der Waals surface area contributed by atoms with Crippen LogP contribution in [0, 0.1) is 11.3 Å². The molecule has 0 aliphatic carbocycles. The monoisotopic (exact) mass is 289 g/mol. The molecular formula is C15H19N3O3. The van der Waals surface area contributed by atoms with Crippen molar-refractivity contribution in [1.29, 1.82) is 0 Å². The van der Waals surface area contributed by atoms with Gasteiger partial charge in [0, 0.05) is 31.7 Å². The number of hydrogen-bond acceptors (Lipinski definition) is 6. The molecule has 0 saturated carbocycles. The van der Waals surface area contributed by atoms with Gasteiger partial charge in [0.05, 0.1) is 13.2 Å². The van der Waals surface area contributed by atoms with E-state index in [0.29, 0.717) is 12.5 Å². The first kappa shape index (κ1) is 13.2. The van der Waals surface area contributed by atoms with Crippen molar-refractivity contribution in [3.8, 4) is 0 Å². The molecule has 0 radical (unpaired) electrons. The quantitative estimate of drug-likeness (QED) is 0.911. The van der Waals surface area contributed by atoms with Crippen LogP contribution in [0.25, 0.3) is 11.0 Å². The lowest BCUT2D eigenvalue weighted by Crippen LogP contribution is -2.42. The Balaban J connectivity index is 1.57. The van der Waals surface area contributed by atoms with Gasteiger partial charge in [0.15, 0.2) is 0 Å². The Morgan fingerprint density at radius 3 is 3.19 bits per heavy atom. The van der Waals surface area contributed by atoms with Crippen molar-refractivity contribution in [3.05, 3.63) is 23.8 Å². The number of aromatic nitrogens is 2. The van der Waals surface area contributed by atoms with Gasteiger partial charge in [0.1, 0.15) is 11.0 Å². The van der Waals surface area contributed by atoms with E-state index in [1.807, 2.05) is 12.1 Å². The molecule has 6 nitrogen and oxygen atoms in total. The van der Waals surface area contributed by atoms with Gasteiger partial charge in [0.25, 0.3) is 0 Å². The summed E-state index contributed by atoms with van der Waals surface area (Å²) >= 11 is 0. The van der Waals surface area contributed by atoms with Gasteiger partial charge < -0.3 is 9.84 Å². The van der Waals surface area contributed by atoms with Crippen molar-refractivity contribution in [2.75, 3.05) is 32.9 Å². The zero-order chi connectivity index (χ0) is 14.3. The minimum absolute atomic E-state index is 0.0891. The van der Waals surface area contributed by atoms with Gasteiger partial charge in [0.2, 0.25) is 0 Å². The standard InChI is InChI=1S/C15H19N3O3/c19-9-15-8-18(7-12(15)4-5-20-10-15)6-11-2-1-3-13-14(11)17-21-16-13/h1-3,12,19H,4-10H2/t12-,15+/m0/s1. The number of rotatable bonds is 3. The molecule has 3 heterocycles. The SMILES string of the molecule is OC[C@]12COCC[C@H]1CN(Cc1cccc3nonc13)C2. The van der Waals surface area contributed by atoms with E-state index in [2.05, 4.69) is 21.3 Å². The maximum atomic E-state index is 9.83. The predicted molar refractivity (Wildman–Crippen MR) is 75.5 cm³/mol. The van der Waals surface area contributed by atoms with Crippen LogP contribution in [0.4, 0.5) is 0 Å². The van der Waals surface area contributed by atoms with Crippen LogP contribution in [0.3, 0.4) is 0 Å². The van der Waals surface area contributed by atoms with Crippen molar-refractivity contribution in [2.24, 2.45) is 11.3 Å². The van der Waals surface area contributed by atoms with Gasteiger partial charge in [-0.15, -0.1) is 0 Å². The summed E-state index contributed by atoms with van der Waals surface area (Å²) in [5.41, 5.74) is 2.67. The van der Waals surface area contributed by atoms with Gasteiger partial charge in [-0.05, 0) is 34.3 Å². The summed E-state index contributed by atoms with van der Waals surface area (Å²) in [5.74, 6) is 0.519. The lowest BCUT2D eigenvalue weighted by Gasteiger charge is -2.36. The van der Waals surface area contributed by atoms with E-state index < -0.39 is 0 Å². The Labute approximate surface area is 122 Å². The summed E-state index contributed by atoms with van der Waals surface area (Å²) in [6.45, 7) is 4.36. The normalized spacial score (nSPS) is 29.9. The van der Waals surface area contributed by atoms with E-state index in [1.165, 1.54) is 0 Å². The van der Waals surface area contributed by atoms with Gasteiger partial charge in [-0.3, -0.25) is 4.90 Å². The van der Waals surface area contributed by atoms with E-state index in [0.717, 1.165) is 49.3 Å². The molecule has 1 N–H and O–H groups in total. The highest BCUT2D eigenvalue weighted by Crippen LogP contribution is 2.41. The first-order valence-electron chi connectivity index (χ1n) is 7.42. The minimum atomic E-state index is -0.0891. The molecule has 2 aliphatic heterocycles. The summed E-state index contributed by atoms with van der Waals surface area (Å²) in [4.78, 5) is 2.39. The van der Waals surface area contributed by atoms with Gasteiger partial charge in [-0.1, -0.05) is 12.1 Å². The molecule has 0 bridgehead atoms. The summed E-state index contributed by atoms with van der Waals surface area (Å²) < 4.78 is 10.4. The fraction of sp³-hybridized carbons (Fsp3) is 0.600. The van der Waals surface area contributed by atoms with Crippen LogP contribution >= 0.6 is 0 Å². The van der Waals surface area contributed by atoms with Crippen molar-refractivity contribution < 1.29 is 14.5 Å². The third-order valence-electron chi connectivity index (χ3n) is 4.96. The molecule has 0 amide bonds. The second-order valence-electron chi connectivity index (χ2n) is 6.28. The highest BCUT2D eigenvalue weighted by molar-refractivity contribution is 5.76. The summed E-state index contributed by atoms with van der Waals surface area (Å²) in [6.07, 6.45) is 1.03. The Hall–Kier alpha value is -1.50. The maximum absolute atomic E-state index is 9.83. The van der Waals surface area contributed by atoms with Crippen LogP contribution in [-0.4, -0.2) is 53.2 Å². The van der Waals surface area contributed by atoms with Crippen molar-refractivity contribution >= 4 is 11.0 Å². The van der Waals surface area contributed by atoms with Crippen LogP contribution in [0.1, 0.15) is 12.0 Å². The highest BCUT2D eigenvalue weighted by atomic mass is 16.6. The smallest absolute Gasteiger partial charge is 0.139 e. The molecule has 6 heteroatoms. The Kier molecular flexibility index (Phi) is 3.17. The number of fused-ring (bicyclic) bond motifs is 2. The number of hydrogen-bond donors (Lipinski definition) is 1. The lowest BCUT2D eigenvalue weighted by atomic mass is 9.76. The van der Waals surface area contributed by atoms with Crippen LogP contribution in [-0.2, 0) is 11.3 Å². The Morgan fingerprint density at radius 2 is 2.33 bits per heavy atom. The van der Waals surface area contributed by atoms with E-state index in [-0.39, 0.29) is 12.0 Å². The summed E-state index contributed by atoms with van der Waals surface area (Å²) in [7, 11) is 0. The number of likely N-dealkylation sites (tertiary alicyclic amines) is 1. The summed E-state index contributed by atoms with van der Waals surface area (Å²) in [6, 6.07) is 5.95. The third-order valence-corrected chi connectivity index (χ3v) is 4.96. The number of aliphatic hydroxyl groups is 1. The van der Waals surface area contributed by atoms with Crippen LogP contribution in [0.5, 0.6) is 0 Å². The molecule has 2 saturated heterocycles. The molecule has 2 aliphatic rings. The number of benzene rings is 1. The highest BCUT2D eigenvalue weighted by Gasteiger charge is 2.47. The minimum Gasteiger partial charge on any atom is -0.396 e. The molecular weight excluding hydrogens is 270 g/mol. The van der Waals surface area contributed by atoms with E-state index in [1.54, 1.807) is 0 Å².